The Kier molecular flexibility index (Phi) is 4.52. The lowest BCUT2D eigenvalue weighted by atomic mass is 10.2. The van der Waals surface area contributed by atoms with Gasteiger partial charge in [-0.3, -0.25) is 10.1 Å². The first-order valence-corrected chi connectivity index (χ1v) is 7.89. The van der Waals surface area contributed by atoms with Gasteiger partial charge in [0.2, 0.25) is 0 Å². The molecule has 2 aromatic heterocycles. The molecule has 0 aliphatic rings. The van der Waals surface area contributed by atoms with E-state index in [2.05, 4.69) is 10.2 Å². The van der Waals surface area contributed by atoms with Gasteiger partial charge >= 0.3 is 5.69 Å². The molecule has 0 bridgehead atoms. The number of ether oxygens (including phenoxy) is 1. The first-order chi connectivity index (χ1) is 11.6. The molecule has 0 saturated heterocycles. The van der Waals surface area contributed by atoms with Crippen molar-refractivity contribution in [3.63, 3.8) is 0 Å². The molecule has 0 saturated carbocycles. The van der Waals surface area contributed by atoms with Gasteiger partial charge in [0.15, 0.2) is 5.75 Å². The minimum Gasteiger partial charge on any atom is -0.490 e. The van der Waals surface area contributed by atoms with Crippen LogP contribution in [0, 0.1) is 17.0 Å². The van der Waals surface area contributed by atoms with Crippen molar-refractivity contribution < 1.29 is 18.5 Å². The minimum absolute atomic E-state index is 0.0733. The molecule has 9 heteroatoms. The SMILES string of the molecule is COc1ccc(CSc2nnc(-c3ccoc3C)o2)cc1[N+](=O)[O-]. The molecule has 0 spiro atoms. The summed E-state index contributed by atoms with van der Waals surface area (Å²) in [6.45, 7) is 1.81. The van der Waals surface area contributed by atoms with Gasteiger partial charge in [0.05, 0.1) is 23.9 Å². The fourth-order valence-corrected chi connectivity index (χ4v) is 2.80. The van der Waals surface area contributed by atoms with Crippen LogP contribution in [0.5, 0.6) is 5.75 Å². The van der Waals surface area contributed by atoms with Crippen molar-refractivity contribution in [1.82, 2.24) is 10.2 Å². The number of nitro benzene ring substituents is 1. The van der Waals surface area contributed by atoms with Crippen molar-refractivity contribution in [2.75, 3.05) is 7.11 Å². The highest BCUT2D eigenvalue weighted by atomic mass is 32.2. The molecule has 0 amide bonds. The second-order valence-corrected chi connectivity index (χ2v) is 5.74. The molecule has 0 aliphatic heterocycles. The quantitative estimate of drug-likeness (QED) is 0.376. The van der Waals surface area contributed by atoms with E-state index < -0.39 is 4.92 Å². The molecule has 0 fully saturated rings. The Balaban J connectivity index is 1.72. The van der Waals surface area contributed by atoms with Gasteiger partial charge < -0.3 is 13.6 Å². The highest BCUT2D eigenvalue weighted by molar-refractivity contribution is 7.98. The summed E-state index contributed by atoms with van der Waals surface area (Å²) in [5.74, 6) is 1.76. The van der Waals surface area contributed by atoms with E-state index >= 15 is 0 Å². The molecular formula is C15H13N3O5S. The predicted molar refractivity (Wildman–Crippen MR) is 85.9 cm³/mol. The maximum Gasteiger partial charge on any atom is 0.311 e. The number of aromatic nitrogens is 2. The second-order valence-electron chi connectivity index (χ2n) is 4.82. The van der Waals surface area contributed by atoms with Crippen molar-refractivity contribution in [3.05, 3.63) is 52.0 Å². The third kappa shape index (κ3) is 3.25. The van der Waals surface area contributed by atoms with Crippen LogP contribution in [0.4, 0.5) is 5.69 Å². The second kappa shape index (κ2) is 6.75. The highest BCUT2D eigenvalue weighted by Gasteiger charge is 2.17. The highest BCUT2D eigenvalue weighted by Crippen LogP contribution is 2.31. The van der Waals surface area contributed by atoms with Gasteiger partial charge in [0.25, 0.3) is 11.1 Å². The Hall–Kier alpha value is -2.81. The summed E-state index contributed by atoms with van der Waals surface area (Å²) in [6, 6.07) is 6.56. The van der Waals surface area contributed by atoms with E-state index in [1.165, 1.54) is 24.9 Å². The van der Waals surface area contributed by atoms with Crippen molar-refractivity contribution in [1.29, 1.82) is 0 Å². The van der Waals surface area contributed by atoms with Crippen molar-refractivity contribution in [3.8, 4) is 17.2 Å². The predicted octanol–water partition coefficient (Wildman–Crippen LogP) is 3.85. The lowest BCUT2D eigenvalue weighted by molar-refractivity contribution is -0.385. The van der Waals surface area contributed by atoms with Gasteiger partial charge in [-0.15, -0.1) is 10.2 Å². The molecule has 124 valence electrons. The fraction of sp³-hybridized carbons (Fsp3) is 0.200. The van der Waals surface area contributed by atoms with Gasteiger partial charge in [0.1, 0.15) is 5.76 Å². The first kappa shape index (κ1) is 16.1. The molecule has 0 atom stereocenters. The third-order valence-electron chi connectivity index (χ3n) is 3.30. The van der Waals surface area contributed by atoms with Crippen LogP contribution in [-0.2, 0) is 5.75 Å². The molecule has 8 nitrogen and oxygen atoms in total. The van der Waals surface area contributed by atoms with Crippen LogP contribution in [0.1, 0.15) is 11.3 Å². The van der Waals surface area contributed by atoms with Crippen LogP contribution in [-0.4, -0.2) is 22.2 Å². The third-order valence-corrected chi connectivity index (χ3v) is 4.19. The first-order valence-electron chi connectivity index (χ1n) is 6.90. The van der Waals surface area contributed by atoms with Crippen LogP contribution in [0.3, 0.4) is 0 Å². The van der Waals surface area contributed by atoms with E-state index in [0.717, 1.165) is 11.1 Å². The Bertz CT molecular complexity index is 874. The van der Waals surface area contributed by atoms with Gasteiger partial charge in [-0.05, 0) is 24.6 Å². The maximum absolute atomic E-state index is 11.0. The number of hydrogen-bond acceptors (Lipinski definition) is 8. The molecule has 3 aromatic rings. The molecule has 0 aliphatic carbocycles. The van der Waals surface area contributed by atoms with Crippen molar-refractivity contribution in [2.45, 2.75) is 17.9 Å². The summed E-state index contributed by atoms with van der Waals surface area (Å²) in [7, 11) is 1.40. The summed E-state index contributed by atoms with van der Waals surface area (Å²) in [4.78, 5) is 10.6. The topological polar surface area (TPSA) is 104 Å². The zero-order valence-electron chi connectivity index (χ0n) is 12.9. The van der Waals surface area contributed by atoms with Crippen LogP contribution in [0.2, 0.25) is 0 Å². The number of hydrogen-bond donors (Lipinski definition) is 0. The fourth-order valence-electron chi connectivity index (χ4n) is 2.10. The van der Waals surface area contributed by atoms with Crippen LogP contribution in [0.25, 0.3) is 11.5 Å². The van der Waals surface area contributed by atoms with Gasteiger partial charge in [-0.2, -0.15) is 0 Å². The van der Waals surface area contributed by atoms with E-state index in [1.54, 1.807) is 24.5 Å². The number of methoxy groups -OCH3 is 1. The summed E-state index contributed by atoms with van der Waals surface area (Å²) in [6.07, 6.45) is 1.55. The van der Waals surface area contributed by atoms with E-state index in [4.69, 9.17) is 13.6 Å². The number of benzene rings is 1. The Morgan fingerprint density at radius 3 is 2.83 bits per heavy atom. The molecular weight excluding hydrogens is 334 g/mol. The monoisotopic (exact) mass is 347 g/mol. The van der Waals surface area contributed by atoms with Crippen molar-refractivity contribution >= 4 is 17.4 Å². The zero-order chi connectivity index (χ0) is 17.1. The molecule has 3 rings (SSSR count). The summed E-state index contributed by atoms with van der Waals surface area (Å²) in [5, 5.41) is 19.4. The zero-order valence-corrected chi connectivity index (χ0v) is 13.7. The standard InChI is InChI=1S/C15H13N3O5S/c1-9-11(5-6-22-9)14-16-17-15(23-14)24-8-10-3-4-13(21-2)12(7-10)18(19)20/h3-7H,8H2,1-2H3. The molecule has 2 heterocycles. The lowest BCUT2D eigenvalue weighted by Crippen LogP contribution is -1.95. The Labute approximate surface area is 141 Å². The van der Waals surface area contributed by atoms with Crippen molar-refractivity contribution in [2.24, 2.45) is 0 Å². The van der Waals surface area contributed by atoms with Gasteiger partial charge in [-0.1, -0.05) is 17.8 Å². The van der Waals surface area contributed by atoms with Crippen LogP contribution in [0.15, 0.2) is 44.6 Å². The molecule has 0 radical (unpaired) electrons. The Morgan fingerprint density at radius 2 is 2.17 bits per heavy atom. The van der Waals surface area contributed by atoms with E-state index in [-0.39, 0.29) is 11.4 Å². The van der Waals surface area contributed by atoms with Crippen LogP contribution >= 0.6 is 11.8 Å². The molecule has 1 aromatic carbocycles. The summed E-state index contributed by atoms with van der Waals surface area (Å²) >= 11 is 1.30. The molecule has 0 N–H and O–H groups in total. The summed E-state index contributed by atoms with van der Waals surface area (Å²) < 4.78 is 15.8. The number of nitro groups is 1. The normalized spacial score (nSPS) is 10.8. The number of rotatable bonds is 6. The number of furan rings is 1. The average molecular weight is 347 g/mol. The average Bonchev–Trinajstić information content (AvgIpc) is 3.21. The minimum atomic E-state index is -0.473. The number of aryl methyl sites for hydroxylation is 1. The summed E-state index contributed by atoms with van der Waals surface area (Å²) in [5.41, 5.74) is 1.43. The van der Waals surface area contributed by atoms with E-state index in [9.17, 15) is 10.1 Å². The largest absolute Gasteiger partial charge is 0.490 e. The molecule has 24 heavy (non-hydrogen) atoms. The smallest absolute Gasteiger partial charge is 0.311 e. The van der Waals surface area contributed by atoms with Crippen LogP contribution < -0.4 is 4.74 Å². The number of nitrogens with zero attached hydrogens (tertiary/aromatic N) is 3. The number of thioether (sulfide) groups is 1. The Morgan fingerprint density at radius 1 is 1.33 bits per heavy atom. The van der Waals surface area contributed by atoms with Gasteiger partial charge in [-0.25, -0.2) is 0 Å². The lowest BCUT2D eigenvalue weighted by Gasteiger charge is -2.03. The maximum atomic E-state index is 11.0. The molecule has 0 unspecified atom stereocenters. The van der Waals surface area contributed by atoms with E-state index in [0.29, 0.717) is 22.6 Å². The van der Waals surface area contributed by atoms with Gasteiger partial charge in [0, 0.05) is 11.8 Å². The van der Waals surface area contributed by atoms with E-state index in [1.807, 2.05) is 6.92 Å².